The third kappa shape index (κ3) is 2.94. The number of fused-ring (bicyclic) bond motifs is 2. The van der Waals surface area contributed by atoms with E-state index in [1.54, 1.807) is 10.9 Å². The first-order valence-corrected chi connectivity index (χ1v) is 8.50. The molecule has 2 aromatic rings. The summed E-state index contributed by atoms with van der Waals surface area (Å²) in [6, 6.07) is 6.85. The Morgan fingerprint density at radius 2 is 2.17 bits per heavy atom. The van der Waals surface area contributed by atoms with Gasteiger partial charge in [0.05, 0.1) is 30.0 Å². The van der Waals surface area contributed by atoms with Crippen LogP contribution in [0, 0.1) is 0 Å². The number of rotatable bonds is 4. The van der Waals surface area contributed by atoms with Crippen LogP contribution in [-0.4, -0.2) is 46.0 Å². The first kappa shape index (κ1) is 16.3. The Balaban J connectivity index is 1.53. The fourth-order valence-corrected chi connectivity index (χ4v) is 3.63. The Bertz CT molecular complexity index is 726. The van der Waals surface area contributed by atoms with Crippen LogP contribution in [0.3, 0.4) is 0 Å². The Kier molecular flexibility index (Phi) is 4.51. The van der Waals surface area contributed by atoms with E-state index < -0.39 is 18.4 Å². The van der Waals surface area contributed by atoms with Gasteiger partial charge in [-0.2, -0.15) is 5.10 Å². The number of nitrogens with zero attached hydrogens (tertiary/aromatic N) is 2. The van der Waals surface area contributed by atoms with Crippen molar-refractivity contribution in [3.8, 4) is 0 Å². The minimum absolute atomic E-state index is 0.213. The molecule has 5 atom stereocenters. The van der Waals surface area contributed by atoms with E-state index in [-0.39, 0.29) is 12.1 Å². The van der Waals surface area contributed by atoms with Crippen molar-refractivity contribution in [1.29, 1.82) is 0 Å². The summed E-state index contributed by atoms with van der Waals surface area (Å²) >= 11 is 12.1. The molecule has 2 fully saturated rings. The zero-order valence-electron chi connectivity index (χ0n) is 12.7. The molecule has 0 spiro atoms. The quantitative estimate of drug-likeness (QED) is 0.862. The molecule has 0 radical (unpaired) electrons. The van der Waals surface area contributed by atoms with Gasteiger partial charge in [0.25, 0.3) is 0 Å². The average molecular weight is 370 g/mol. The van der Waals surface area contributed by atoms with Crippen LogP contribution in [0.5, 0.6) is 0 Å². The maximum absolute atomic E-state index is 10.9. The second-order valence-electron chi connectivity index (χ2n) is 5.99. The van der Waals surface area contributed by atoms with Crippen LogP contribution in [0.15, 0.2) is 36.7 Å². The third-order valence-corrected chi connectivity index (χ3v) is 5.06. The molecule has 0 unspecified atom stereocenters. The van der Waals surface area contributed by atoms with Crippen molar-refractivity contribution in [3.63, 3.8) is 0 Å². The summed E-state index contributed by atoms with van der Waals surface area (Å²) in [7, 11) is 0. The molecule has 0 aliphatic carbocycles. The monoisotopic (exact) mass is 369 g/mol. The van der Waals surface area contributed by atoms with E-state index in [2.05, 4.69) is 10.4 Å². The highest BCUT2D eigenvalue weighted by Crippen LogP contribution is 2.36. The van der Waals surface area contributed by atoms with E-state index in [0.717, 1.165) is 5.56 Å². The first-order valence-electron chi connectivity index (χ1n) is 7.75. The van der Waals surface area contributed by atoms with Crippen LogP contribution in [0.4, 0.5) is 0 Å². The highest BCUT2D eigenvalue weighted by atomic mass is 35.5. The summed E-state index contributed by atoms with van der Waals surface area (Å²) in [4.78, 5) is 0. The Labute approximate surface area is 149 Å². The second kappa shape index (κ2) is 6.63. The minimum Gasteiger partial charge on any atom is -0.389 e. The molecule has 1 aromatic carbocycles. The summed E-state index contributed by atoms with van der Waals surface area (Å²) < 4.78 is 13.2. The van der Waals surface area contributed by atoms with Gasteiger partial charge in [0.15, 0.2) is 6.29 Å². The second-order valence-corrected chi connectivity index (χ2v) is 6.84. The lowest BCUT2D eigenvalue weighted by Crippen LogP contribution is -2.57. The number of ether oxygens (including phenoxy) is 2. The van der Waals surface area contributed by atoms with Gasteiger partial charge < -0.3 is 19.9 Å². The van der Waals surface area contributed by atoms with E-state index in [0.29, 0.717) is 23.2 Å². The van der Waals surface area contributed by atoms with Gasteiger partial charge in [-0.1, -0.05) is 41.4 Å². The minimum atomic E-state index is -0.727. The number of hydrogen-bond acceptors (Lipinski definition) is 5. The maximum atomic E-state index is 10.9. The number of hydrogen-bond donors (Lipinski definition) is 2. The molecular weight excluding hydrogens is 353 g/mol. The van der Waals surface area contributed by atoms with E-state index in [9.17, 15) is 5.11 Å². The lowest BCUT2D eigenvalue weighted by molar-refractivity contribution is -0.168. The largest absolute Gasteiger partial charge is 0.389 e. The highest BCUT2D eigenvalue weighted by molar-refractivity contribution is 6.31. The zero-order valence-corrected chi connectivity index (χ0v) is 14.2. The van der Waals surface area contributed by atoms with E-state index in [1.807, 2.05) is 24.3 Å². The predicted octanol–water partition coefficient (Wildman–Crippen LogP) is 2.01. The highest BCUT2D eigenvalue weighted by Gasteiger charge is 2.51. The zero-order chi connectivity index (χ0) is 16.7. The smallest absolute Gasteiger partial charge is 0.183 e. The lowest BCUT2D eigenvalue weighted by Gasteiger charge is -2.38. The van der Waals surface area contributed by atoms with E-state index in [4.69, 9.17) is 32.7 Å². The molecule has 8 heteroatoms. The molecule has 0 saturated carbocycles. The Hall–Kier alpha value is -1.15. The summed E-state index contributed by atoms with van der Waals surface area (Å²) in [5, 5.41) is 19.6. The standard InChI is InChI=1S/C16H17Cl2N3O3/c17-10-6-20-21(7-10)14-15(22)13(12-8-23-16(14)24-12)19-5-9-3-1-2-4-11(9)18/h1-4,6-7,12-16,19,22H,5,8H2/t12-,13-,14-,15+,16-/m1/s1. The van der Waals surface area contributed by atoms with Crippen molar-refractivity contribution in [2.24, 2.45) is 0 Å². The number of aromatic nitrogens is 2. The van der Waals surface area contributed by atoms with Crippen LogP contribution in [0.1, 0.15) is 11.6 Å². The molecule has 3 heterocycles. The van der Waals surface area contributed by atoms with Crippen molar-refractivity contribution >= 4 is 23.2 Å². The third-order valence-electron chi connectivity index (χ3n) is 4.49. The first-order chi connectivity index (χ1) is 11.6. The fraction of sp³-hybridized carbons (Fsp3) is 0.438. The van der Waals surface area contributed by atoms with Gasteiger partial charge in [0.2, 0.25) is 0 Å². The Morgan fingerprint density at radius 3 is 2.92 bits per heavy atom. The SMILES string of the molecule is O[C@H]1[C@H](NCc2ccccc2Cl)[C@H]2CO[C@H](O2)[C@@H]1n1cc(Cl)cn1. The maximum Gasteiger partial charge on any atom is 0.183 e. The van der Waals surface area contributed by atoms with Crippen molar-refractivity contribution in [2.45, 2.75) is 37.1 Å². The number of aliphatic hydroxyl groups excluding tert-OH is 1. The topological polar surface area (TPSA) is 68.5 Å². The molecule has 2 N–H and O–H groups in total. The van der Waals surface area contributed by atoms with Crippen molar-refractivity contribution in [2.75, 3.05) is 6.61 Å². The van der Waals surface area contributed by atoms with Crippen LogP contribution in [-0.2, 0) is 16.0 Å². The molecule has 4 rings (SSSR count). The number of aliphatic hydroxyl groups is 1. The van der Waals surface area contributed by atoms with Gasteiger partial charge in [0, 0.05) is 17.8 Å². The van der Waals surface area contributed by atoms with Gasteiger partial charge in [-0.25, -0.2) is 0 Å². The molecule has 2 aliphatic rings. The fourth-order valence-electron chi connectivity index (χ4n) is 3.28. The van der Waals surface area contributed by atoms with Gasteiger partial charge in [0.1, 0.15) is 12.1 Å². The van der Waals surface area contributed by atoms with Crippen molar-refractivity contribution < 1.29 is 14.6 Å². The molecule has 2 saturated heterocycles. The van der Waals surface area contributed by atoms with Gasteiger partial charge in [-0.15, -0.1) is 0 Å². The summed E-state index contributed by atoms with van der Waals surface area (Å²) in [5.74, 6) is 0. The lowest BCUT2D eigenvalue weighted by atomic mass is 9.96. The van der Waals surface area contributed by atoms with Gasteiger partial charge >= 0.3 is 0 Å². The van der Waals surface area contributed by atoms with Crippen molar-refractivity contribution in [1.82, 2.24) is 15.1 Å². The average Bonchev–Trinajstić information content (AvgIpc) is 3.17. The van der Waals surface area contributed by atoms with Crippen LogP contribution < -0.4 is 5.32 Å². The van der Waals surface area contributed by atoms with Crippen LogP contribution in [0.25, 0.3) is 0 Å². The van der Waals surface area contributed by atoms with Crippen molar-refractivity contribution in [3.05, 3.63) is 52.3 Å². The van der Waals surface area contributed by atoms with E-state index >= 15 is 0 Å². The molecular formula is C16H17Cl2N3O3. The summed E-state index contributed by atoms with van der Waals surface area (Å²) in [6.45, 7) is 0.950. The van der Waals surface area contributed by atoms with Gasteiger partial charge in [-0.05, 0) is 11.6 Å². The Morgan fingerprint density at radius 1 is 1.33 bits per heavy atom. The molecule has 128 valence electrons. The summed E-state index contributed by atoms with van der Waals surface area (Å²) in [6.07, 6.45) is 1.72. The number of halogens is 2. The predicted molar refractivity (Wildman–Crippen MR) is 89.0 cm³/mol. The molecule has 2 bridgehead atoms. The van der Waals surface area contributed by atoms with Gasteiger partial charge in [-0.3, -0.25) is 4.68 Å². The van der Waals surface area contributed by atoms with E-state index in [1.165, 1.54) is 6.20 Å². The normalized spacial score (nSPS) is 32.2. The van der Waals surface area contributed by atoms with Crippen LogP contribution in [0.2, 0.25) is 10.0 Å². The summed E-state index contributed by atoms with van der Waals surface area (Å²) in [5.41, 5.74) is 0.964. The van der Waals surface area contributed by atoms with Crippen LogP contribution >= 0.6 is 23.2 Å². The molecule has 0 amide bonds. The number of nitrogens with one attached hydrogen (secondary N) is 1. The molecule has 1 aromatic heterocycles. The number of benzene rings is 1. The molecule has 24 heavy (non-hydrogen) atoms. The molecule has 6 nitrogen and oxygen atoms in total. The molecule has 2 aliphatic heterocycles.